The molecule has 0 fully saturated rings. The van der Waals surface area contributed by atoms with E-state index in [0.29, 0.717) is 3.57 Å². The summed E-state index contributed by atoms with van der Waals surface area (Å²) in [4.78, 5) is 11.0. The van der Waals surface area contributed by atoms with Crippen LogP contribution in [0.2, 0.25) is 0 Å². The summed E-state index contributed by atoms with van der Waals surface area (Å²) in [6.45, 7) is 1.19. The van der Waals surface area contributed by atoms with Gasteiger partial charge in [-0.05, 0) is 47.7 Å². The first kappa shape index (κ1) is 12.3. The number of ether oxygens (including phenoxy) is 1. The number of rotatable bonds is 2. The highest BCUT2D eigenvalue weighted by Gasteiger charge is 2.32. The van der Waals surface area contributed by atoms with Crippen molar-refractivity contribution in [3.8, 4) is 5.75 Å². The van der Waals surface area contributed by atoms with Gasteiger partial charge in [-0.15, -0.1) is 13.2 Å². The zero-order valence-corrected chi connectivity index (χ0v) is 9.72. The van der Waals surface area contributed by atoms with Gasteiger partial charge in [0, 0.05) is 3.57 Å². The summed E-state index contributed by atoms with van der Waals surface area (Å²) in [7, 11) is 0. The molecule has 0 aliphatic heterocycles. The van der Waals surface area contributed by atoms with Crippen LogP contribution >= 0.6 is 22.6 Å². The van der Waals surface area contributed by atoms with Gasteiger partial charge in [0.1, 0.15) is 5.75 Å². The van der Waals surface area contributed by atoms with Crippen LogP contribution in [0.15, 0.2) is 18.2 Å². The lowest BCUT2D eigenvalue weighted by molar-refractivity contribution is -0.274. The van der Waals surface area contributed by atoms with Crippen molar-refractivity contribution >= 4 is 28.4 Å². The highest BCUT2D eigenvalue weighted by atomic mass is 127. The summed E-state index contributed by atoms with van der Waals surface area (Å²) in [6.07, 6.45) is -4.78. The van der Waals surface area contributed by atoms with Crippen LogP contribution in [0.5, 0.6) is 5.75 Å². The van der Waals surface area contributed by atoms with Gasteiger partial charge in [0.25, 0.3) is 0 Å². The van der Waals surface area contributed by atoms with Gasteiger partial charge in [0.15, 0.2) is 5.78 Å². The van der Waals surface area contributed by atoms with E-state index in [2.05, 4.69) is 4.74 Å². The van der Waals surface area contributed by atoms with Crippen LogP contribution in [0.3, 0.4) is 0 Å². The number of ketones is 1. The second-order valence-electron chi connectivity index (χ2n) is 2.74. The largest absolute Gasteiger partial charge is 0.573 e. The summed E-state index contributed by atoms with van der Waals surface area (Å²) in [6, 6.07) is 4.02. The van der Waals surface area contributed by atoms with E-state index in [1.807, 2.05) is 22.6 Å². The minimum atomic E-state index is -4.78. The van der Waals surface area contributed by atoms with Gasteiger partial charge in [-0.1, -0.05) is 0 Å². The number of benzene rings is 1. The Bertz CT molecular complexity index is 387. The van der Waals surface area contributed by atoms with E-state index < -0.39 is 17.9 Å². The SMILES string of the molecule is CC(=O)c1ccc(I)cc1OC(F)(F)F. The van der Waals surface area contributed by atoms with E-state index in [4.69, 9.17) is 0 Å². The van der Waals surface area contributed by atoms with E-state index in [0.717, 1.165) is 0 Å². The van der Waals surface area contributed by atoms with Gasteiger partial charge in [0.2, 0.25) is 0 Å². The van der Waals surface area contributed by atoms with Crippen LogP contribution in [0.4, 0.5) is 13.2 Å². The number of carbonyl (C=O) groups excluding carboxylic acids is 1. The molecule has 15 heavy (non-hydrogen) atoms. The molecule has 0 amide bonds. The third kappa shape index (κ3) is 3.69. The zero-order valence-electron chi connectivity index (χ0n) is 7.56. The number of alkyl halides is 3. The topological polar surface area (TPSA) is 26.3 Å². The van der Waals surface area contributed by atoms with Crippen molar-refractivity contribution in [2.24, 2.45) is 0 Å². The van der Waals surface area contributed by atoms with E-state index >= 15 is 0 Å². The van der Waals surface area contributed by atoms with Crippen LogP contribution in [-0.4, -0.2) is 12.1 Å². The molecular formula is C9H6F3IO2. The first-order valence-electron chi connectivity index (χ1n) is 3.86. The monoisotopic (exact) mass is 330 g/mol. The van der Waals surface area contributed by atoms with E-state index in [1.54, 1.807) is 6.07 Å². The molecule has 1 aromatic rings. The smallest absolute Gasteiger partial charge is 0.405 e. The molecule has 0 saturated heterocycles. The fourth-order valence-corrected chi connectivity index (χ4v) is 1.46. The van der Waals surface area contributed by atoms with Crippen LogP contribution in [0, 0.1) is 3.57 Å². The molecule has 0 unspecified atom stereocenters. The number of carbonyl (C=O) groups is 1. The number of Topliss-reactive ketones (excluding diaryl/α,β-unsaturated/α-hetero) is 1. The number of hydrogen-bond donors (Lipinski definition) is 0. The van der Waals surface area contributed by atoms with Gasteiger partial charge in [0.05, 0.1) is 5.56 Å². The fourth-order valence-electron chi connectivity index (χ4n) is 0.996. The van der Waals surface area contributed by atoms with Crippen molar-refractivity contribution < 1.29 is 22.7 Å². The van der Waals surface area contributed by atoms with Gasteiger partial charge in [-0.2, -0.15) is 0 Å². The molecule has 0 aliphatic carbocycles. The molecule has 2 nitrogen and oxygen atoms in total. The van der Waals surface area contributed by atoms with Gasteiger partial charge in [-0.3, -0.25) is 4.79 Å². The third-order valence-electron chi connectivity index (χ3n) is 1.55. The second-order valence-corrected chi connectivity index (χ2v) is 3.99. The molecule has 0 aliphatic rings. The quantitative estimate of drug-likeness (QED) is 0.614. The van der Waals surface area contributed by atoms with Crippen molar-refractivity contribution in [2.75, 3.05) is 0 Å². The molecule has 0 radical (unpaired) electrons. The predicted octanol–water partition coefficient (Wildman–Crippen LogP) is 3.39. The predicted molar refractivity (Wildman–Crippen MR) is 55.8 cm³/mol. The van der Waals surface area contributed by atoms with Gasteiger partial charge in [-0.25, -0.2) is 0 Å². The van der Waals surface area contributed by atoms with Crippen LogP contribution in [0.1, 0.15) is 17.3 Å². The molecule has 0 atom stereocenters. The molecule has 1 aromatic carbocycles. The van der Waals surface area contributed by atoms with Gasteiger partial charge >= 0.3 is 6.36 Å². The molecule has 82 valence electrons. The molecule has 0 aromatic heterocycles. The molecule has 0 heterocycles. The Morgan fingerprint density at radius 1 is 1.40 bits per heavy atom. The van der Waals surface area contributed by atoms with E-state index in [9.17, 15) is 18.0 Å². The Kier molecular flexibility index (Phi) is 3.58. The Labute approximate surface area is 97.6 Å². The highest BCUT2D eigenvalue weighted by Crippen LogP contribution is 2.28. The summed E-state index contributed by atoms with van der Waals surface area (Å²) >= 11 is 1.84. The zero-order chi connectivity index (χ0) is 11.6. The number of halogens is 4. The second kappa shape index (κ2) is 4.38. The summed E-state index contributed by atoms with van der Waals surface area (Å²) < 4.78 is 40.3. The minimum Gasteiger partial charge on any atom is -0.405 e. The Morgan fingerprint density at radius 3 is 2.47 bits per heavy atom. The minimum absolute atomic E-state index is 0.0762. The van der Waals surface area contributed by atoms with Gasteiger partial charge < -0.3 is 4.74 Å². The van der Waals surface area contributed by atoms with Crippen molar-refractivity contribution in [1.29, 1.82) is 0 Å². The highest BCUT2D eigenvalue weighted by molar-refractivity contribution is 14.1. The summed E-state index contributed by atoms with van der Waals surface area (Å²) in [5, 5.41) is 0. The van der Waals surface area contributed by atoms with Crippen molar-refractivity contribution in [3.63, 3.8) is 0 Å². The molecule has 0 N–H and O–H groups in total. The standard InChI is InChI=1S/C9H6F3IO2/c1-5(14)7-3-2-6(13)4-8(7)15-9(10,11)12/h2-4H,1H3. The van der Waals surface area contributed by atoms with E-state index in [-0.39, 0.29) is 5.56 Å². The lowest BCUT2D eigenvalue weighted by Crippen LogP contribution is -2.18. The molecule has 0 spiro atoms. The Hall–Kier alpha value is -0.790. The first-order chi connectivity index (χ1) is 6.79. The van der Waals surface area contributed by atoms with Crippen molar-refractivity contribution in [2.45, 2.75) is 13.3 Å². The average Bonchev–Trinajstić information content (AvgIpc) is 1.99. The van der Waals surface area contributed by atoms with E-state index in [1.165, 1.54) is 19.1 Å². The molecular weight excluding hydrogens is 324 g/mol. The van der Waals surface area contributed by atoms with Crippen LogP contribution < -0.4 is 4.74 Å². The molecule has 0 bridgehead atoms. The summed E-state index contributed by atoms with van der Waals surface area (Å²) in [5.74, 6) is -0.924. The van der Waals surface area contributed by atoms with Crippen LogP contribution in [0.25, 0.3) is 0 Å². The maximum atomic E-state index is 12.0. The number of hydrogen-bond acceptors (Lipinski definition) is 2. The average molecular weight is 330 g/mol. The molecule has 6 heteroatoms. The Morgan fingerprint density at radius 2 is 2.00 bits per heavy atom. The fraction of sp³-hybridized carbons (Fsp3) is 0.222. The van der Waals surface area contributed by atoms with Crippen LogP contribution in [-0.2, 0) is 0 Å². The molecule has 1 rings (SSSR count). The normalized spacial score (nSPS) is 11.3. The molecule has 0 saturated carbocycles. The maximum absolute atomic E-state index is 12.0. The van der Waals surface area contributed by atoms with Crippen molar-refractivity contribution in [3.05, 3.63) is 27.3 Å². The first-order valence-corrected chi connectivity index (χ1v) is 4.94. The maximum Gasteiger partial charge on any atom is 0.573 e. The lowest BCUT2D eigenvalue weighted by atomic mass is 10.1. The van der Waals surface area contributed by atoms with Crippen molar-refractivity contribution in [1.82, 2.24) is 0 Å². The lowest BCUT2D eigenvalue weighted by Gasteiger charge is -2.11. The summed E-state index contributed by atoms with van der Waals surface area (Å²) in [5.41, 5.74) is -0.0762. The Balaban J connectivity index is 3.13. The third-order valence-corrected chi connectivity index (χ3v) is 2.22.